The Bertz CT molecular complexity index is 1600. The van der Waals surface area contributed by atoms with E-state index in [0.717, 1.165) is 36.4 Å². The molecule has 4 aromatic rings. The van der Waals surface area contributed by atoms with Crippen LogP contribution in [0.1, 0.15) is 0 Å². The third kappa shape index (κ3) is 9.96. The van der Waals surface area contributed by atoms with Crippen LogP contribution in [-0.2, 0) is 0 Å². The highest BCUT2D eigenvalue weighted by molar-refractivity contribution is 6.37. The Hall–Kier alpha value is -4.17. The number of benzene rings is 4. The third-order valence-corrected chi connectivity index (χ3v) is 5.99. The van der Waals surface area contributed by atoms with E-state index in [-0.39, 0.29) is 48.7 Å². The molecule has 4 aromatic carbocycles. The van der Waals surface area contributed by atoms with Crippen LogP contribution >= 0.6 is 46.4 Å². The number of non-ortho nitro benzene ring substituents is 2. The number of rotatable bonds is 6. The van der Waals surface area contributed by atoms with Crippen molar-refractivity contribution in [1.29, 1.82) is 0 Å². The van der Waals surface area contributed by atoms with Crippen molar-refractivity contribution >= 4 is 57.8 Å². The van der Waals surface area contributed by atoms with Crippen LogP contribution in [0.2, 0.25) is 20.1 Å². The lowest BCUT2D eigenvalue weighted by molar-refractivity contribution is -0.385. The first-order chi connectivity index (χ1) is 20.2. The van der Waals surface area contributed by atoms with E-state index >= 15 is 0 Å². The Morgan fingerprint density at radius 3 is 1.49 bits per heavy atom. The summed E-state index contributed by atoms with van der Waals surface area (Å²) in [6, 6.07) is 11.8. The Morgan fingerprint density at radius 2 is 1.09 bits per heavy atom. The number of hydrogen-bond acceptors (Lipinski definition) is 8. The van der Waals surface area contributed by atoms with Crippen molar-refractivity contribution in [1.82, 2.24) is 0 Å². The molecule has 0 saturated carbocycles. The van der Waals surface area contributed by atoms with Crippen LogP contribution in [0, 0.1) is 37.7 Å². The minimum absolute atomic E-state index is 0.0620. The van der Waals surface area contributed by atoms with E-state index in [0.29, 0.717) is 11.5 Å². The molecule has 17 heteroatoms. The van der Waals surface area contributed by atoms with Gasteiger partial charge in [-0.25, -0.2) is 13.2 Å². The van der Waals surface area contributed by atoms with Gasteiger partial charge in [0, 0.05) is 36.4 Å². The highest BCUT2D eigenvalue weighted by Crippen LogP contribution is 2.40. The van der Waals surface area contributed by atoms with E-state index in [2.05, 4.69) is 0 Å². The Kier molecular flexibility index (Phi) is 12.9. The lowest BCUT2D eigenvalue weighted by Crippen LogP contribution is -1.94. The standard InChI is InChI=1S/C13H8Cl2FNO4.C7H7FO2.C6H2Cl2FNO2/c1-20-8-2-3-12(11(16)6-8)21-13-9(14)4-7(17(18)19)5-10(13)15;1-10-5-2-3-7(9)6(8)4-5;7-4-1-3(10(11)12)2-5(8)6(4)9/h2-6H,1H3;2-4,9H,1H3;1-2H. The molecule has 0 atom stereocenters. The van der Waals surface area contributed by atoms with Crippen molar-refractivity contribution < 1.29 is 42.3 Å². The van der Waals surface area contributed by atoms with Gasteiger partial charge in [0.2, 0.25) is 0 Å². The summed E-state index contributed by atoms with van der Waals surface area (Å²) in [4.78, 5) is 19.5. The lowest BCUT2D eigenvalue weighted by Gasteiger charge is -2.11. The van der Waals surface area contributed by atoms with Gasteiger partial charge in [0.15, 0.2) is 34.7 Å². The molecule has 0 amide bonds. The van der Waals surface area contributed by atoms with Crippen LogP contribution < -0.4 is 14.2 Å². The van der Waals surface area contributed by atoms with Crippen molar-refractivity contribution in [3.8, 4) is 28.7 Å². The Morgan fingerprint density at radius 1 is 0.674 bits per heavy atom. The molecule has 0 fully saturated rings. The zero-order valence-corrected chi connectivity index (χ0v) is 24.6. The quantitative estimate of drug-likeness (QED) is 0.121. The molecule has 0 aliphatic heterocycles. The van der Waals surface area contributed by atoms with Gasteiger partial charge in [-0.05, 0) is 24.3 Å². The molecule has 4 rings (SSSR count). The predicted octanol–water partition coefficient (Wildman–Crippen LogP) is 9.42. The highest BCUT2D eigenvalue weighted by atomic mass is 35.5. The van der Waals surface area contributed by atoms with Gasteiger partial charge in [-0.3, -0.25) is 20.2 Å². The molecular formula is C26H17Cl4F3N2O8. The number of nitrogens with zero attached hydrogens (tertiary/aromatic N) is 2. The average molecular weight is 684 g/mol. The van der Waals surface area contributed by atoms with Crippen LogP contribution in [0.3, 0.4) is 0 Å². The first-order valence-corrected chi connectivity index (χ1v) is 12.7. The first-order valence-electron chi connectivity index (χ1n) is 11.1. The number of nitro benzene ring substituents is 2. The van der Waals surface area contributed by atoms with Crippen LogP contribution in [0.15, 0.2) is 60.7 Å². The van der Waals surface area contributed by atoms with Gasteiger partial charge >= 0.3 is 0 Å². The number of halogens is 7. The fourth-order valence-corrected chi connectivity index (χ4v) is 3.84. The number of phenolic OH excluding ortho intramolecular Hbond substituents is 1. The summed E-state index contributed by atoms with van der Waals surface area (Å²) in [5.41, 5.74) is -0.612. The molecule has 0 radical (unpaired) electrons. The van der Waals surface area contributed by atoms with Crippen LogP contribution in [0.5, 0.6) is 28.7 Å². The molecule has 43 heavy (non-hydrogen) atoms. The zero-order chi connectivity index (χ0) is 32.4. The van der Waals surface area contributed by atoms with E-state index in [1.165, 1.54) is 38.5 Å². The largest absolute Gasteiger partial charge is 0.505 e. The topological polar surface area (TPSA) is 134 Å². The fraction of sp³-hybridized carbons (Fsp3) is 0.0769. The Labute approximate surface area is 260 Å². The molecular weight excluding hydrogens is 667 g/mol. The summed E-state index contributed by atoms with van der Waals surface area (Å²) < 4.78 is 53.8. The number of hydrogen-bond donors (Lipinski definition) is 1. The first kappa shape index (κ1) is 35.0. The minimum atomic E-state index is -0.844. The normalized spacial score (nSPS) is 9.98. The maximum Gasteiger partial charge on any atom is 0.272 e. The minimum Gasteiger partial charge on any atom is -0.505 e. The Balaban J connectivity index is 0.000000248. The summed E-state index contributed by atoms with van der Waals surface area (Å²) in [6.07, 6.45) is 0. The summed E-state index contributed by atoms with van der Waals surface area (Å²) in [5, 5.41) is 28.7. The molecule has 0 saturated heterocycles. The maximum atomic E-state index is 13.8. The lowest BCUT2D eigenvalue weighted by atomic mass is 10.3. The third-order valence-electron chi connectivity index (χ3n) is 4.88. The zero-order valence-electron chi connectivity index (χ0n) is 21.6. The summed E-state index contributed by atoms with van der Waals surface area (Å²) in [6.45, 7) is 0. The average Bonchev–Trinajstić information content (AvgIpc) is 2.96. The monoisotopic (exact) mass is 682 g/mol. The van der Waals surface area contributed by atoms with Crippen molar-refractivity contribution in [3.63, 3.8) is 0 Å². The molecule has 0 aliphatic carbocycles. The molecule has 0 bridgehead atoms. The van der Waals surface area contributed by atoms with Crippen LogP contribution in [0.25, 0.3) is 0 Å². The second kappa shape index (κ2) is 15.9. The second-order valence-corrected chi connectivity index (χ2v) is 9.32. The van der Waals surface area contributed by atoms with Gasteiger partial charge in [-0.2, -0.15) is 0 Å². The maximum absolute atomic E-state index is 13.8. The molecule has 0 aromatic heterocycles. The SMILES string of the molecule is COc1ccc(O)c(F)c1.COc1ccc(Oc2c(Cl)cc([N+](=O)[O-])cc2Cl)c(F)c1.O=[N+]([O-])c1cc(Cl)c(F)c(Cl)c1. The van der Waals surface area contributed by atoms with Crippen LogP contribution in [0.4, 0.5) is 24.5 Å². The molecule has 0 heterocycles. The fourth-order valence-electron chi connectivity index (χ4n) is 2.81. The molecule has 10 nitrogen and oxygen atoms in total. The molecule has 0 spiro atoms. The number of methoxy groups -OCH3 is 2. The summed E-state index contributed by atoms with van der Waals surface area (Å²) in [7, 11) is 2.84. The van der Waals surface area contributed by atoms with Gasteiger partial charge in [-0.1, -0.05) is 46.4 Å². The van der Waals surface area contributed by atoms with Crippen LogP contribution in [-0.4, -0.2) is 29.2 Å². The van der Waals surface area contributed by atoms with Gasteiger partial charge in [0.25, 0.3) is 11.4 Å². The second-order valence-electron chi connectivity index (χ2n) is 7.69. The van der Waals surface area contributed by atoms with Crippen molar-refractivity contribution in [2.75, 3.05) is 14.2 Å². The predicted molar refractivity (Wildman–Crippen MR) is 154 cm³/mol. The van der Waals surface area contributed by atoms with Gasteiger partial charge in [0.05, 0.1) is 44.2 Å². The molecule has 0 aliphatic rings. The van der Waals surface area contributed by atoms with Gasteiger partial charge < -0.3 is 19.3 Å². The van der Waals surface area contributed by atoms with E-state index < -0.39 is 27.3 Å². The summed E-state index contributed by atoms with van der Waals surface area (Å²) in [5.74, 6) is -2.03. The van der Waals surface area contributed by atoms with Gasteiger partial charge in [0.1, 0.15) is 11.5 Å². The van der Waals surface area contributed by atoms with E-state index in [1.54, 1.807) is 0 Å². The van der Waals surface area contributed by atoms with Crippen molar-refractivity contribution in [3.05, 3.63) is 118 Å². The van der Waals surface area contributed by atoms with E-state index in [4.69, 9.17) is 65.7 Å². The summed E-state index contributed by atoms with van der Waals surface area (Å²) >= 11 is 22.4. The molecule has 0 unspecified atom stereocenters. The number of phenols is 1. The van der Waals surface area contributed by atoms with Crippen molar-refractivity contribution in [2.24, 2.45) is 0 Å². The molecule has 1 N–H and O–H groups in total. The molecule has 228 valence electrons. The van der Waals surface area contributed by atoms with E-state index in [1.807, 2.05) is 0 Å². The number of aromatic hydroxyl groups is 1. The smallest absolute Gasteiger partial charge is 0.272 e. The number of ether oxygens (including phenoxy) is 3. The van der Waals surface area contributed by atoms with Crippen molar-refractivity contribution in [2.45, 2.75) is 0 Å². The van der Waals surface area contributed by atoms with E-state index in [9.17, 15) is 33.4 Å². The van der Waals surface area contributed by atoms with Gasteiger partial charge in [-0.15, -0.1) is 0 Å². The highest BCUT2D eigenvalue weighted by Gasteiger charge is 2.18. The number of nitro groups is 2.